The Balaban J connectivity index is 2.44. The summed E-state index contributed by atoms with van der Waals surface area (Å²) < 4.78 is 0. The number of amidine groups is 1. The van der Waals surface area contributed by atoms with Gasteiger partial charge in [0, 0.05) is 25.7 Å². The van der Waals surface area contributed by atoms with Crippen molar-refractivity contribution >= 4 is 11.5 Å². The molecule has 1 aromatic rings. The van der Waals surface area contributed by atoms with Crippen LogP contribution in [0.3, 0.4) is 0 Å². The molecule has 0 atom stereocenters. The lowest BCUT2D eigenvalue weighted by molar-refractivity contribution is 0.316. The number of anilines is 1. The van der Waals surface area contributed by atoms with Crippen LogP contribution in [-0.2, 0) is 0 Å². The van der Waals surface area contributed by atoms with Crippen molar-refractivity contribution in [2.45, 2.75) is 19.8 Å². The number of benzene rings is 1. The van der Waals surface area contributed by atoms with Crippen LogP contribution in [0.15, 0.2) is 29.4 Å². The summed E-state index contributed by atoms with van der Waals surface area (Å²) in [4.78, 5) is 2.16. The van der Waals surface area contributed by atoms with Crippen molar-refractivity contribution < 1.29 is 5.21 Å². The van der Waals surface area contributed by atoms with E-state index in [0.717, 1.165) is 13.0 Å². The molecule has 0 aliphatic rings. The summed E-state index contributed by atoms with van der Waals surface area (Å²) in [5, 5.41) is 11.4. The number of nitrogens with zero attached hydrogens (tertiary/aromatic N) is 2. The van der Waals surface area contributed by atoms with Gasteiger partial charge in [-0.15, -0.1) is 0 Å². The maximum Gasteiger partial charge on any atom is 0.139 e. The van der Waals surface area contributed by atoms with E-state index in [2.05, 4.69) is 35.2 Å². The highest BCUT2D eigenvalue weighted by Gasteiger charge is 2.01. The molecule has 0 unspecified atom stereocenters. The average Bonchev–Trinajstić information content (AvgIpc) is 2.28. The minimum Gasteiger partial charge on any atom is -0.409 e. The Bertz CT molecular complexity index is 363. The predicted octanol–water partition coefficient (Wildman–Crippen LogP) is 1.96. The third kappa shape index (κ3) is 3.81. The maximum atomic E-state index is 8.40. The van der Waals surface area contributed by atoms with E-state index in [1.165, 1.54) is 11.3 Å². The number of nitrogens with two attached hydrogens (primary N) is 1. The van der Waals surface area contributed by atoms with Gasteiger partial charge in [-0.25, -0.2) is 0 Å². The molecule has 0 saturated carbocycles. The Morgan fingerprint density at radius 1 is 1.50 bits per heavy atom. The molecule has 16 heavy (non-hydrogen) atoms. The summed E-state index contributed by atoms with van der Waals surface area (Å²) in [6, 6.07) is 8.35. The first-order valence-corrected chi connectivity index (χ1v) is 5.37. The van der Waals surface area contributed by atoms with Crippen LogP contribution in [0.25, 0.3) is 0 Å². The van der Waals surface area contributed by atoms with E-state index in [0.29, 0.717) is 6.42 Å². The first-order valence-electron chi connectivity index (χ1n) is 5.37. The van der Waals surface area contributed by atoms with Crippen molar-refractivity contribution in [2.24, 2.45) is 10.9 Å². The third-order valence-corrected chi connectivity index (χ3v) is 2.50. The Kier molecular flexibility index (Phi) is 4.64. The smallest absolute Gasteiger partial charge is 0.139 e. The summed E-state index contributed by atoms with van der Waals surface area (Å²) in [6.07, 6.45) is 1.49. The van der Waals surface area contributed by atoms with Crippen molar-refractivity contribution in [3.05, 3.63) is 29.8 Å². The van der Waals surface area contributed by atoms with Crippen LogP contribution in [0, 0.1) is 6.92 Å². The van der Waals surface area contributed by atoms with E-state index in [1.807, 2.05) is 13.1 Å². The number of hydrogen-bond donors (Lipinski definition) is 2. The molecule has 0 amide bonds. The van der Waals surface area contributed by atoms with Crippen molar-refractivity contribution in [3.63, 3.8) is 0 Å². The van der Waals surface area contributed by atoms with Gasteiger partial charge in [0.1, 0.15) is 5.84 Å². The quantitative estimate of drug-likeness (QED) is 0.346. The highest BCUT2D eigenvalue weighted by Crippen LogP contribution is 2.14. The van der Waals surface area contributed by atoms with Gasteiger partial charge in [0.15, 0.2) is 0 Å². The standard InChI is InChI=1S/C12H19N3O/c1-10-5-3-6-11(9-10)15(2)8-4-7-12(13)14-16/h3,5-6,9,16H,4,7-8H2,1-2H3,(H2,13,14). The second-order valence-electron chi connectivity index (χ2n) is 3.96. The van der Waals surface area contributed by atoms with Crippen LogP contribution in [-0.4, -0.2) is 24.6 Å². The number of rotatable bonds is 5. The van der Waals surface area contributed by atoms with Gasteiger partial charge in [-0.1, -0.05) is 17.3 Å². The van der Waals surface area contributed by atoms with Crippen LogP contribution >= 0.6 is 0 Å². The van der Waals surface area contributed by atoms with Gasteiger partial charge >= 0.3 is 0 Å². The molecular formula is C12H19N3O. The zero-order valence-corrected chi connectivity index (χ0v) is 9.85. The number of oxime groups is 1. The molecule has 0 spiro atoms. The summed E-state index contributed by atoms with van der Waals surface area (Å²) in [6.45, 7) is 2.97. The van der Waals surface area contributed by atoms with E-state index < -0.39 is 0 Å². The molecule has 1 rings (SSSR count). The summed E-state index contributed by atoms with van der Waals surface area (Å²) in [7, 11) is 2.04. The summed E-state index contributed by atoms with van der Waals surface area (Å²) in [5.74, 6) is 0.289. The van der Waals surface area contributed by atoms with Crippen molar-refractivity contribution in [1.29, 1.82) is 0 Å². The number of aryl methyl sites for hydroxylation is 1. The first-order chi connectivity index (χ1) is 7.63. The zero-order chi connectivity index (χ0) is 12.0. The normalized spacial score (nSPS) is 11.5. The SMILES string of the molecule is Cc1cccc(N(C)CCCC(N)=NO)c1. The topological polar surface area (TPSA) is 61.8 Å². The van der Waals surface area contributed by atoms with Crippen LogP contribution in [0.4, 0.5) is 5.69 Å². The molecule has 0 radical (unpaired) electrons. The molecular weight excluding hydrogens is 202 g/mol. The first kappa shape index (κ1) is 12.4. The van der Waals surface area contributed by atoms with E-state index in [-0.39, 0.29) is 5.84 Å². The molecule has 88 valence electrons. The highest BCUT2D eigenvalue weighted by molar-refractivity contribution is 5.79. The fraction of sp³-hybridized carbons (Fsp3) is 0.417. The van der Waals surface area contributed by atoms with E-state index in [9.17, 15) is 0 Å². The third-order valence-electron chi connectivity index (χ3n) is 2.50. The fourth-order valence-corrected chi connectivity index (χ4v) is 1.54. The fourth-order valence-electron chi connectivity index (χ4n) is 1.54. The lowest BCUT2D eigenvalue weighted by Gasteiger charge is -2.19. The van der Waals surface area contributed by atoms with Crippen LogP contribution in [0.1, 0.15) is 18.4 Å². The molecule has 4 heteroatoms. The maximum absolute atomic E-state index is 8.40. The molecule has 0 fully saturated rings. The molecule has 1 aromatic carbocycles. The van der Waals surface area contributed by atoms with Gasteiger partial charge in [0.2, 0.25) is 0 Å². The Labute approximate surface area is 96.4 Å². The Morgan fingerprint density at radius 2 is 2.25 bits per heavy atom. The van der Waals surface area contributed by atoms with Gasteiger partial charge < -0.3 is 15.8 Å². The zero-order valence-electron chi connectivity index (χ0n) is 9.85. The van der Waals surface area contributed by atoms with Gasteiger partial charge in [0.25, 0.3) is 0 Å². The van der Waals surface area contributed by atoms with Gasteiger partial charge in [-0.05, 0) is 31.0 Å². The minimum absolute atomic E-state index is 0.289. The lowest BCUT2D eigenvalue weighted by atomic mass is 10.2. The average molecular weight is 221 g/mol. The Hall–Kier alpha value is -1.71. The van der Waals surface area contributed by atoms with E-state index in [4.69, 9.17) is 10.9 Å². The van der Waals surface area contributed by atoms with Crippen molar-refractivity contribution in [3.8, 4) is 0 Å². The molecule has 0 aliphatic heterocycles. The van der Waals surface area contributed by atoms with Crippen LogP contribution in [0.5, 0.6) is 0 Å². The largest absolute Gasteiger partial charge is 0.409 e. The molecule has 0 bridgehead atoms. The highest BCUT2D eigenvalue weighted by atomic mass is 16.4. The second-order valence-corrected chi connectivity index (χ2v) is 3.96. The van der Waals surface area contributed by atoms with Gasteiger partial charge in [-0.2, -0.15) is 0 Å². The molecule has 0 saturated heterocycles. The van der Waals surface area contributed by atoms with E-state index >= 15 is 0 Å². The second kappa shape index (κ2) is 6.00. The number of hydrogen-bond acceptors (Lipinski definition) is 3. The predicted molar refractivity (Wildman–Crippen MR) is 67.1 cm³/mol. The monoisotopic (exact) mass is 221 g/mol. The van der Waals surface area contributed by atoms with E-state index in [1.54, 1.807) is 0 Å². The summed E-state index contributed by atoms with van der Waals surface area (Å²) in [5.41, 5.74) is 7.85. The molecule has 0 aromatic heterocycles. The van der Waals surface area contributed by atoms with Gasteiger partial charge in [-0.3, -0.25) is 0 Å². The summed E-state index contributed by atoms with van der Waals surface area (Å²) >= 11 is 0. The minimum atomic E-state index is 0.289. The van der Waals surface area contributed by atoms with Crippen LogP contribution in [0.2, 0.25) is 0 Å². The van der Waals surface area contributed by atoms with Gasteiger partial charge in [0.05, 0.1) is 0 Å². The molecule has 4 nitrogen and oxygen atoms in total. The molecule has 0 heterocycles. The molecule has 3 N–H and O–H groups in total. The van der Waals surface area contributed by atoms with Crippen molar-refractivity contribution in [1.82, 2.24) is 0 Å². The van der Waals surface area contributed by atoms with Crippen LogP contribution < -0.4 is 10.6 Å². The molecule has 0 aliphatic carbocycles. The Morgan fingerprint density at radius 3 is 2.88 bits per heavy atom. The lowest BCUT2D eigenvalue weighted by Crippen LogP contribution is -2.21. The van der Waals surface area contributed by atoms with Crippen molar-refractivity contribution in [2.75, 3.05) is 18.5 Å².